The van der Waals surface area contributed by atoms with Gasteiger partial charge >= 0.3 is 6.03 Å². The highest BCUT2D eigenvalue weighted by molar-refractivity contribution is 7.83. The lowest BCUT2D eigenvalue weighted by atomic mass is 10.3. The van der Waals surface area contributed by atoms with E-state index in [2.05, 4.69) is 20.3 Å². The van der Waals surface area contributed by atoms with Crippen molar-refractivity contribution in [1.82, 2.24) is 9.71 Å². The second kappa shape index (κ2) is 8.89. The molecule has 0 spiro atoms. The van der Waals surface area contributed by atoms with E-state index >= 15 is 0 Å². The van der Waals surface area contributed by atoms with Crippen LogP contribution >= 0.6 is 0 Å². The van der Waals surface area contributed by atoms with E-state index in [1.54, 1.807) is 48.8 Å². The third kappa shape index (κ3) is 5.23. The van der Waals surface area contributed by atoms with Crippen LogP contribution in [0.25, 0.3) is 0 Å². The summed E-state index contributed by atoms with van der Waals surface area (Å²) in [4.78, 5) is 16.6. The Morgan fingerprint density at radius 2 is 1.58 bits per heavy atom. The number of hydrogen-bond donors (Lipinski definition) is 3. The van der Waals surface area contributed by atoms with Crippen LogP contribution in [0.4, 0.5) is 16.2 Å². The van der Waals surface area contributed by atoms with Gasteiger partial charge in [-0.25, -0.2) is 13.7 Å². The largest absolute Gasteiger partial charge is 0.323 e. The second-order valence-electron chi connectivity index (χ2n) is 5.42. The molecule has 1 heterocycles. The van der Waals surface area contributed by atoms with E-state index in [0.29, 0.717) is 22.8 Å². The first-order chi connectivity index (χ1) is 12.7. The van der Waals surface area contributed by atoms with Gasteiger partial charge in [0.2, 0.25) is 0 Å². The predicted molar refractivity (Wildman–Crippen MR) is 103 cm³/mol. The van der Waals surface area contributed by atoms with Gasteiger partial charge in [0.1, 0.15) is 11.0 Å². The second-order valence-corrected chi connectivity index (χ2v) is 6.72. The number of carbonyl (C=O) groups is 1. The topological polar surface area (TPSA) is 83.1 Å². The highest BCUT2D eigenvalue weighted by Gasteiger charge is 2.06. The Hall–Kier alpha value is -3.03. The number of carbonyl (C=O) groups excluding carboxylic acids is 1. The highest BCUT2D eigenvalue weighted by atomic mass is 32.2. The summed E-state index contributed by atoms with van der Waals surface area (Å²) < 4.78 is 15.2. The Balaban J connectivity index is 1.52. The van der Waals surface area contributed by atoms with E-state index in [0.717, 1.165) is 5.56 Å². The molecular weight excluding hydrogens is 348 g/mol. The molecule has 0 saturated carbocycles. The van der Waals surface area contributed by atoms with Crippen LogP contribution < -0.4 is 15.4 Å². The van der Waals surface area contributed by atoms with Crippen LogP contribution in [0.3, 0.4) is 0 Å². The van der Waals surface area contributed by atoms with Crippen LogP contribution in [-0.4, -0.2) is 15.2 Å². The number of amides is 2. The van der Waals surface area contributed by atoms with E-state index in [9.17, 15) is 9.00 Å². The molecule has 3 aromatic rings. The van der Waals surface area contributed by atoms with E-state index in [1.165, 1.54) is 0 Å². The maximum atomic E-state index is 12.3. The van der Waals surface area contributed by atoms with Gasteiger partial charge in [-0.1, -0.05) is 24.3 Å². The molecule has 26 heavy (non-hydrogen) atoms. The molecule has 1 atom stereocenters. The van der Waals surface area contributed by atoms with Gasteiger partial charge in [-0.15, -0.1) is 0 Å². The number of rotatable bonds is 6. The molecule has 0 aliphatic rings. The van der Waals surface area contributed by atoms with Crippen LogP contribution in [-0.2, 0) is 17.5 Å². The fraction of sp³-hybridized carbons (Fsp3) is 0.0526. The van der Waals surface area contributed by atoms with E-state index in [-0.39, 0.29) is 6.03 Å². The van der Waals surface area contributed by atoms with Crippen molar-refractivity contribution < 1.29 is 9.00 Å². The van der Waals surface area contributed by atoms with E-state index < -0.39 is 11.0 Å². The molecule has 0 bridgehead atoms. The predicted octanol–water partition coefficient (Wildman–Crippen LogP) is 3.54. The molecule has 0 saturated heterocycles. The number of aromatic nitrogens is 1. The number of nitrogens with one attached hydrogen (secondary N) is 3. The van der Waals surface area contributed by atoms with Crippen molar-refractivity contribution in [2.45, 2.75) is 11.4 Å². The fourth-order valence-electron chi connectivity index (χ4n) is 2.21. The third-order valence-corrected chi connectivity index (χ3v) is 4.59. The van der Waals surface area contributed by atoms with Gasteiger partial charge in [0.25, 0.3) is 0 Å². The SMILES string of the molecule is O=C(Nc1ccccc1)Nc1ccc(S(=O)NCc2cccnc2)cc1. The summed E-state index contributed by atoms with van der Waals surface area (Å²) in [5.74, 6) is 0. The van der Waals surface area contributed by atoms with Gasteiger partial charge in [0.15, 0.2) is 0 Å². The van der Waals surface area contributed by atoms with Gasteiger partial charge < -0.3 is 10.6 Å². The van der Waals surface area contributed by atoms with Gasteiger partial charge in [0.05, 0.1) is 4.90 Å². The van der Waals surface area contributed by atoms with Crippen molar-refractivity contribution >= 4 is 28.4 Å². The van der Waals surface area contributed by atoms with E-state index in [4.69, 9.17) is 0 Å². The molecule has 0 aliphatic heterocycles. The number of urea groups is 1. The minimum atomic E-state index is -1.34. The summed E-state index contributed by atoms with van der Waals surface area (Å²) in [6.07, 6.45) is 3.42. The average molecular weight is 366 g/mol. The lowest BCUT2D eigenvalue weighted by Gasteiger charge is -2.09. The minimum Gasteiger partial charge on any atom is -0.308 e. The Bertz CT molecular complexity index is 871. The van der Waals surface area contributed by atoms with Gasteiger partial charge in [0, 0.05) is 30.3 Å². The van der Waals surface area contributed by atoms with Crippen LogP contribution in [0.15, 0.2) is 84.0 Å². The molecule has 2 aromatic carbocycles. The van der Waals surface area contributed by atoms with Crippen LogP contribution in [0.5, 0.6) is 0 Å². The highest BCUT2D eigenvalue weighted by Crippen LogP contribution is 2.13. The molecular formula is C19H18N4O2S. The first-order valence-electron chi connectivity index (χ1n) is 7.98. The number of nitrogens with zero attached hydrogens (tertiary/aromatic N) is 1. The molecule has 3 rings (SSSR count). The number of para-hydroxylation sites is 1. The average Bonchev–Trinajstić information content (AvgIpc) is 2.68. The molecule has 1 aromatic heterocycles. The summed E-state index contributed by atoms with van der Waals surface area (Å²) in [5, 5.41) is 5.47. The standard InChI is InChI=1S/C19H18N4O2S/c24-19(22-16-6-2-1-3-7-16)23-17-8-10-18(11-9-17)26(25)21-14-15-5-4-12-20-13-15/h1-13,21H,14H2,(H2,22,23,24). The van der Waals surface area contributed by atoms with Crippen LogP contribution in [0.2, 0.25) is 0 Å². The van der Waals surface area contributed by atoms with Crippen molar-refractivity contribution in [3.63, 3.8) is 0 Å². The van der Waals surface area contributed by atoms with Gasteiger partial charge in [-0.3, -0.25) is 4.98 Å². The lowest BCUT2D eigenvalue weighted by Crippen LogP contribution is -2.19. The fourth-order valence-corrected chi connectivity index (χ4v) is 3.06. The zero-order valence-corrected chi connectivity index (χ0v) is 14.7. The van der Waals surface area contributed by atoms with Gasteiger partial charge in [-0.2, -0.15) is 0 Å². The molecule has 6 nitrogen and oxygen atoms in total. The zero-order valence-electron chi connectivity index (χ0n) is 13.9. The Morgan fingerprint density at radius 3 is 2.23 bits per heavy atom. The summed E-state index contributed by atoms with van der Waals surface area (Å²) in [6.45, 7) is 0.458. The molecule has 1 unspecified atom stereocenters. The molecule has 7 heteroatoms. The maximum Gasteiger partial charge on any atom is 0.323 e. The first-order valence-corrected chi connectivity index (χ1v) is 9.13. The van der Waals surface area contributed by atoms with Crippen molar-refractivity contribution in [3.8, 4) is 0 Å². The summed E-state index contributed by atoms with van der Waals surface area (Å²) in [5.41, 5.74) is 2.28. The zero-order chi connectivity index (χ0) is 18.2. The minimum absolute atomic E-state index is 0.334. The molecule has 0 fully saturated rings. The third-order valence-electron chi connectivity index (χ3n) is 3.49. The number of benzene rings is 2. The van der Waals surface area contributed by atoms with Gasteiger partial charge in [-0.05, 0) is 48.0 Å². The monoisotopic (exact) mass is 366 g/mol. The Kier molecular flexibility index (Phi) is 6.08. The summed E-state index contributed by atoms with van der Waals surface area (Å²) >= 11 is 0. The molecule has 0 radical (unpaired) electrons. The smallest absolute Gasteiger partial charge is 0.308 e. The van der Waals surface area contributed by atoms with Crippen LogP contribution in [0.1, 0.15) is 5.56 Å². The molecule has 2 amide bonds. The number of pyridine rings is 1. The lowest BCUT2D eigenvalue weighted by molar-refractivity contribution is 0.262. The summed E-state index contributed by atoms with van der Waals surface area (Å²) in [6, 6.07) is 19.4. The van der Waals surface area contributed by atoms with Crippen molar-refractivity contribution in [1.29, 1.82) is 0 Å². The number of hydrogen-bond acceptors (Lipinski definition) is 3. The Morgan fingerprint density at radius 1 is 0.885 bits per heavy atom. The molecule has 132 valence electrons. The van der Waals surface area contributed by atoms with Crippen LogP contribution in [0, 0.1) is 0 Å². The Labute approximate surface area is 154 Å². The van der Waals surface area contributed by atoms with Crippen molar-refractivity contribution in [2.75, 3.05) is 10.6 Å². The summed E-state index contributed by atoms with van der Waals surface area (Å²) in [7, 11) is -1.34. The normalized spacial score (nSPS) is 11.5. The van der Waals surface area contributed by atoms with E-state index in [1.807, 2.05) is 30.3 Å². The molecule has 3 N–H and O–H groups in total. The van der Waals surface area contributed by atoms with Crippen molar-refractivity contribution in [2.24, 2.45) is 0 Å². The number of anilines is 2. The molecule has 0 aliphatic carbocycles. The first kappa shape index (κ1) is 17.8. The van der Waals surface area contributed by atoms with Crippen molar-refractivity contribution in [3.05, 3.63) is 84.7 Å². The quantitative estimate of drug-likeness (QED) is 0.624. The maximum absolute atomic E-state index is 12.3.